The lowest BCUT2D eigenvalue weighted by molar-refractivity contribution is -0.205. The molecule has 0 bridgehead atoms. The van der Waals surface area contributed by atoms with Gasteiger partial charge in [0.2, 0.25) is 5.91 Å². The maximum absolute atomic E-state index is 12.7. The van der Waals surface area contributed by atoms with Crippen LogP contribution in [-0.2, 0) is 4.79 Å². The number of amidine groups is 1. The van der Waals surface area contributed by atoms with Crippen molar-refractivity contribution < 1.29 is 23.1 Å². The highest BCUT2D eigenvalue weighted by molar-refractivity contribution is 6.30. The number of carbonyl (C=O) groups is 1. The van der Waals surface area contributed by atoms with Crippen molar-refractivity contribution in [3.8, 4) is 0 Å². The molecule has 1 amide bonds. The first-order chi connectivity index (χ1) is 11.1. The van der Waals surface area contributed by atoms with E-state index in [0.717, 1.165) is 11.8 Å². The number of benzene rings is 1. The van der Waals surface area contributed by atoms with Crippen LogP contribution in [0.1, 0.15) is 32.8 Å². The molecule has 134 valence electrons. The minimum Gasteiger partial charge on any atom is -0.382 e. The number of halogens is 4. The Hall–Kier alpha value is -1.60. The van der Waals surface area contributed by atoms with Crippen LogP contribution in [0.25, 0.3) is 0 Å². The summed E-state index contributed by atoms with van der Waals surface area (Å²) in [6.07, 6.45) is -6.84. The van der Waals surface area contributed by atoms with Gasteiger partial charge in [0.15, 0.2) is 6.10 Å². The van der Waals surface area contributed by atoms with Crippen molar-refractivity contribution in [3.63, 3.8) is 0 Å². The molecule has 0 aromatic heterocycles. The van der Waals surface area contributed by atoms with Gasteiger partial charge in [0.25, 0.3) is 0 Å². The van der Waals surface area contributed by atoms with Crippen molar-refractivity contribution >= 4 is 23.3 Å². The Morgan fingerprint density at radius 1 is 1.33 bits per heavy atom. The van der Waals surface area contributed by atoms with Crippen LogP contribution in [0, 0.1) is 0 Å². The summed E-state index contributed by atoms with van der Waals surface area (Å²) in [6, 6.07) is 6.04. The standard InChI is InChI=1S/C16H20ClF3N2O2/c1-4-10(2)21-15(12-5-7-13(17)8-6-12)22(11(3)23)9-14(24)16(18,19)20/h5-8,10,14,24H,4,9H2,1-3H3. The SMILES string of the molecule is CCC(C)N=C(c1ccc(Cl)cc1)N(CC(O)C(F)(F)F)C(C)=O. The third-order valence-electron chi connectivity index (χ3n) is 3.41. The van der Waals surface area contributed by atoms with Gasteiger partial charge in [-0.3, -0.25) is 14.7 Å². The molecular weight excluding hydrogens is 345 g/mol. The minimum absolute atomic E-state index is 0.0804. The monoisotopic (exact) mass is 364 g/mol. The maximum Gasteiger partial charge on any atom is 0.416 e. The number of hydrogen-bond acceptors (Lipinski definition) is 3. The average Bonchev–Trinajstić information content (AvgIpc) is 2.49. The number of alkyl halides is 3. The van der Waals surface area contributed by atoms with Crippen molar-refractivity contribution in [2.75, 3.05) is 6.54 Å². The Morgan fingerprint density at radius 3 is 2.29 bits per heavy atom. The van der Waals surface area contributed by atoms with Crippen molar-refractivity contribution in [2.45, 2.75) is 45.5 Å². The first-order valence-electron chi connectivity index (χ1n) is 7.42. The Labute approximate surface area is 143 Å². The summed E-state index contributed by atoms with van der Waals surface area (Å²) in [5, 5.41) is 9.79. The Bertz CT molecular complexity index is 588. The summed E-state index contributed by atoms with van der Waals surface area (Å²) in [7, 11) is 0. The molecule has 0 aliphatic heterocycles. The highest BCUT2D eigenvalue weighted by atomic mass is 35.5. The summed E-state index contributed by atoms with van der Waals surface area (Å²) in [6.45, 7) is 3.87. The first kappa shape index (κ1) is 20.4. The number of carbonyl (C=O) groups excluding carboxylic acids is 1. The zero-order chi connectivity index (χ0) is 18.5. The van der Waals surface area contributed by atoms with Gasteiger partial charge in [-0.15, -0.1) is 0 Å². The highest BCUT2D eigenvalue weighted by Crippen LogP contribution is 2.22. The number of amides is 1. The minimum atomic E-state index is -4.82. The predicted molar refractivity (Wildman–Crippen MR) is 87.2 cm³/mol. The third kappa shape index (κ3) is 5.79. The molecule has 4 nitrogen and oxygen atoms in total. The van der Waals surface area contributed by atoms with E-state index in [1.165, 1.54) is 0 Å². The van der Waals surface area contributed by atoms with Gasteiger partial charge in [-0.05, 0) is 37.6 Å². The topological polar surface area (TPSA) is 52.9 Å². The number of rotatable bonds is 5. The van der Waals surface area contributed by atoms with Crippen LogP contribution in [0.15, 0.2) is 29.3 Å². The number of aliphatic hydroxyl groups excluding tert-OH is 1. The van der Waals surface area contributed by atoms with Crippen LogP contribution in [0.2, 0.25) is 5.02 Å². The van der Waals surface area contributed by atoms with E-state index >= 15 is 0 Å². The summed E-state index contributed by atoms with van der Waals surface area (Å²) >= 11 is 5.83. The van der Waals surface area contributed by atoms with Crippen LogP contribution < -0.4 is 0 Å². The second kappa shape index (κ2) is 8.48. The van der Waals surface area contributed by atoms with E-state index in [9.17, 15) is 23.1 Å². The molecule has 0 fully saturated rings. The zero-order valence-electron chi connectivity index (χ0n) is 13.6. The maximum atomic E-state index is 12.7. The molecule has 0 radical (unpaired) electrons. The van der Waals surface area contributed by atoms with E-state index in [2.05, 4.69) is 4.99 Å². The molecular formula is C16H20ClF3N2O2. The van der Waals surface area contributed by atoms with Crippen LogP contribution in [0.3, 0.4) is 0 Å². The molecule has 0 saturated heterocycles. The van der Waals surface area contributed by atoms with Crippen molar-refractivity contribution in [1.82, 2.24) is 4.90 Å². The van der Waals surface area contributed by atoms with Gasteiger partial charge >= 0.3 is 6.18 Å². The van der Waals surface area contributed by atoms with Gasteiger partial charge in [0.1, 0.15) is 5.84 Å². The highest BCUT2D eigenvalue weighted by Gasteiger charge is 2.40. The normalized spacial score (nSPS) is 15.1. The summed E-state index contributed by atoms with van der Waals surface area (Å²) in [4.78, 5) is 17.1. The molecule has 1 aromatic rings. The van der Waals surface area contributed by atoms with E-state index in [0.29, 0.717) is 17.0 Å². The van der Waals surface area contributed by atoms with Gasteiger partial charge < -0.3 is 5.11 Å². The Kier molecular flexibility index (Phi) is 7.23. The fourth-order valence-corrected chi connectivity index (χ4v) is 1.97. The second-order valence-corrected chi connectivity index (χ2v) is 5.84. The zero-order valence-corrected chi connectivity index (χ0v) is 14.4. The number of aliphatic hydroxyl groups is 1. The predicted octanol–water partition coefficient (Wildman–Crippen LogP) is 3.66. The lowest BCUT2D eigenvalue weighted by Crippen LogP contribution is -2.46. The van der Waals surface area contributed by atoms with Gasteiger partial charge in [0, 0.05) is 23.6 Å². The van der Waals surface area contributed by atoms with Crippen LogP contribution in [0.5, 0.6) is 0 Å². The van der Waals surface area contributed by atoms with E-state index < -0.39 is 24.7 Å². The van der Waals surface area contributed by atoms with Crippen LogP contribution in [0.4, 0.5) is 13.2 Å². The van der Waals surface area contributed by atoms with E-state index in [-0.39, 0.29) is 11.9 Å². The molecule has 0 aliphatic rings. The summed E-state index contributed by atoms with van der Waals surface area (Å²) in [5.74, 6) is -0.563. The Balaban J connectivity index is 3.29. The molecule has 8 heteroatoms. The summed E-state index contributed by atoms with van der Waals surface area (Å²) < 4.78 is 38.0. The Morgan fingerprint density at radius 2 is 1.88 bits per heavy atom. The average molecular weight is 365 g/mol. The summed E-state index contributed by atoms with van der Waals surface area (Å²) in [5.41, 5.74) is 0.448. The molecule has 24 heavy (non-hydrogen) atoms. The van der Waals surface area contributed by atoms with Crippen LogP contribution in [-0.4, -0.2) is 46.6 Å². The first-order valence-corrected chi connectivity index (χ1v) is 7.80. The van der Waals surface area contributed by atoms with Crippen molar-refractivity contribution in [3.05, 3.63) is 34.9 Å². The number of hydrogen-bond donors (Lipinski definition) is 1. The fourth-order valence-electron chi connectivity index (χ4n) is 1.84. The van der Waals surface area contributed by atoms with Crippen molar-refractivity contribution in [2.24, 2.45) is 4.99 Å². The molecule has 2 unspecified atom stereocenters. The third-order valence-corrected chi connectivity index (χ3v) is 3.66. The molecule has 0 spiro atoms. The van der Waals surface area contributed by atoms with Crippen LogP contribution >= 0.6 is 11.6 Å². The fraction of sp³-hybridized carbons (Fsp3) is 0.500. The molecule has 1 rings (SSSR count). The second-order valence-electron chi connectivity index (χ2n) is 5.40. The van der Waals surface area contributed by atoms with E-state index in [4.69, 9.17) is 11.6 Å². The van der Waals surface area contributed by atoms with Gasteiger partial charge in [-0.2, -0.15) is 13.2 Å². The van der Waals surface area contributed by atoms with E-state index in [1.807, 2.05) is 6.92 Å². The number of aliphatic imine (C=N–C) groups is 1. The van der Waals surface area contributed by atoms with Crippen molar-refractivity contribution in [1.29, 1.82) is 0 Å². The quantitative estimate of drug-likeness (QED) is 0.640. The molecule has 1 aromatic carbocycles. The smallest absolute Gasteiger partial charge is 0.382 e. The van der Waals surface area contributed by atoms with Gasteiger partial charge in [-0.1, -0.05) is 18.5 Å². The largest absolute Gasteiger partial charge is 0.416 e. The van der Waals surface area contributed by atoms with Gasteiger partial charge in [-0.25, -0.2) is 0 Å². The molecule has 0 aliphatic carbocycles. The van der Waals surface area contributed by atoms with Gasteiger partial charge in [0.05, 0.1) is 6.54 Å². The lowest BCUT2D eigenvalue weighted by Gasteiger charge is -2.27. The number of nitrogens with zero attached hydrogens (tertiary/aromatic N) is 2. The molecule has 2 atom stereocenters. The molecule has 0 saturated carbocycles. The van der Waals surface area contributed by atoms with E-state index in [1.54, 1.807) is 31.2 Å². The molecule has 0 heterocycles. The lowest BCUT2D eigenvalue weighted by atomic mass is 10.1. The molecule has 1 N–H and O–H groups in total.